The van der Waals surface area contributed by atoms with E-state index in [0.29, 0.717) is 22.2 Å². The van der Waals surface area contributed by atoms with Gasteiger partial charge in [0.1, 0.15) is 5.83 Å². The Morgan fingerprint density at radius 2 is 1.49 bits per heavy atom. The summed E-state index contributed by atoms with van der Waals surface area (Å²) in [6.45, 7) is 14.8. The molecule has 0 aliphatic rings. The van der Waals surface area contributed by atoms with Gasteiger partial charge < -0.3 is 43.8 Å². The van der Waals surface area contributed by atoms with E-state index in [0.717, 1.165) is 76.8 Å². The number of hydrogen-bond acceptors (Lipinski definition) is 1. The lowest BCUT2D eigenvalue weighted by Gasteiger charge is -2.26. The summed E-state index contributed by atoms with van der Waals surface area (Å²) in [7, 11) is 0. The molecular weight excluding hydrogens is 624 g/mol. The highest BCUT2D eigenvalue weighted by molar-refractivity contribution is 5.96. The summed E-state index contributed by atoms with van der Waals surface area (Å²) in [5.41, 5.74) is 1.87. The second-order valence-corrected chi connectivity index (χ2v) is 9.91. The molecule has 0 atom stereocenters. The minimum atomic E-state index is -0.316. The summed E-state index contributed by atoms with van der Waals surface area (Å²) in [4.78, 5) is 3.76. The number of aromatic nitrogens is 1. The molecule has 0 fully saturated rings. The topological polar surface area (TPSA) is 11.6 Å². The molecule has 3 rings (SSSR count). The fraction of sp³-hybridized carbons (Fsp3) is 0.469. The number of fused-ring (bicyclic) bond motifs is 1. The van der Waals surface area contributed by atoms with Crippen LogP contribution in [0.5, 0.6) is 0 Å². The first kappa shape index (κ1) is 35.2. The first-order chi connectivity index (χ1) is 18.0. The maximum Gasteiger partial charge on any atom is 0.169 e. The van der Waals surface area contributed by atoms with Gasteiger partial charge in [-0.15, -0.1) is 0 Å². The zero-order valence-corrected chi connectivity index (χ0v) is 27.1. The Bertz CT molecular complexity index is 1140. The van der Waals surface area contributed by atoms with Gasteiger partial charge in [0, 0.05) is 36.2 Å². The molecule has 39 heavy (non-hydrogen) atoms. The molecule has 0 unspecified atom stereocenters. The van der Waals surface area contributed by atoms with Crippen molar-refractivity contribution in [2.75, 3.05) is 37.6 Å². The molecule has 0 saturated carbocycles. The van der Waals surface area contributed by atoms with E-state index in [1.54, 1.807) is 11.0 Å². The molecule has 1 heterocycles. The number of benzene rings is 2. The number of hydrogen-bond donors (Lipinski definition) is 1. The second-order valence-electron chi connectivity index (χ2n) is 9.91. The van der Waals surface area contributed by atoms with Crippen molar-refractivity contribution in [3.63, 3.8) is 0 Å². The van der Waals surface area contributed by atoms with E-state index >= 15 is 8.78 Å². The minimum absolute atomic E-state index is 0. The summed E-state index contributed by atoms with van der Waals surface area (Å²) in [5.74, 6) is -0.531. The van der Waals surface area contributed by atoms with Gasteiger partial charge in [-0.3, -0.25) is 0 Å². The number of aryl methyl sites for hydroxylation is 1. The molecule has 0 saturated heterocycles. The van der Waals surface area contributed by atoms with Gasteiger partial charge in [0.2, 0.25) is 0 Å². The van der Waals surface area contributed by atoms with Gasteiger partial charge in [-0.05, 0) is 49.8 Å². The van der Waals surface area contributed by atoms with Crippen molar-refractivity contribution in [1.29, 1.82) is 0 Å². The molecule has 7 heteroatoms. The van der Waals surface area contributed by atoms with Gasteiger partial charge in [0.25, 0.3) is 0 Å². The van der Waals surface area contributed by atoms with Crippen molar-refractivity contribution in [2.45, 2.75) is 66.3 Å². The van der Waals surface area contributed by atoms with Crippen LogP contribution in [0.2, 0.25) is 0 Å². The lowest BCUT2D eigenvalue weighted by molar-refractivity contribution is -0.898. The van der Waals surface area contributed by atoms with Crippen molar-refractivity contribution in [3.8, 4) is 0 Å². The van der Waals surface area contributed by atoms with Crippen molar-refractivity contribution in [3.05, 3.63) is 71.8 Å². The Hall–Kier alpha value is -1.83. The maximum atomic E-state index is 15.7. The van der Waals surface area contributed by atoms with E-state index in [1.807, 2.05) is 48.8 Å². The van der Waals surface area contributed by atoms with Gasteiger partial charge in [-0.2, -0.15) is 0 Å². The number of unbranched alkanes of at least 4 members (excludes halogenated alkanes) is 2. The minimum Gasteiger partial charge on any atom is -1.00 e. The standard InChI is InChI=1S/C32H44F2N3.2BrH/c1-5-9-21-37(22-10-6-2)31-16-15-28-27(13-11-14-29(28)32(31)34)25-30(33)26-17-23-36(24-18-26)20-12-19-35(7-3)8-4;;/h11,13-18,23-25H,5-10,12,19-22H2,1-4H3;2*1H/q+1;;/p-1/b30-25-;;. The highest BCUT2D eigenvalue weighted by atomic mass is 79.9. The van der Waals surface area contributed by atoms with Crippen LogP contribution in [-0.4, -0.2) is 32.7 Å². The fourth-order valence-electron chi connectivity index (χ4n) is 4.86. The highest BCUT2D eigenvalue weighted by Crippen LogP contribution is 2.32. The third-order valence-corrected chi connectivity index (χ3v) is 7.31. The number of nitrogens with zero attached hydrogens (tertiary/aromatic N) is 2. The third kappa shape index (κ3) is 9.94. The number of rotatable bonds is 15. The lowest BCUT2D eigenvalue weighted by Crippen LogP contribution is -3.11. The zero-order valence-electron chi connectivity index (χ0n) is 24.0. The Labute approximate surface area is 255 Å². The normalized spacial score (nSPS) is 11.4. The largest absolute Gasteiger partial charge is 1.00 e. The second kappa shape index (κ2) is 18.5. The Morgan fingerprint density at radius 3 is 2.08 bits per heavy atom. The SMILES string of the molecule is CCCCN(CCCC)c1ccc2c(/C=C(\F)c3cc[n+](CCC[NH+](CC)CC)cc3)cccc2c1F.[Br-].[Br-]. The summed E-state index contributed by atoms with van der Waals surface area (Å²) in [6, 6.07) is 12.9. The van der Waals surface area contributed by atoms with Crippen LogP contribution in [0.3, 0.4) is 0 Å². The smallest absolute Gasteiger partial charge is 0.169 e. The van der Waals surface area contributed by atoms with E-state index in [-0.39, 0.29) is 45.6 Å². The fourth-order valence-corrected chi connectivity index (χ4v) is 4.86. The van der Waals surface area contributed by atoms with Gasteiger partial charge >= 0.3 is 0 Å². The van der Waals surface area contributed by atoms with Crippen molar-refractivity contribution < 1.29 is 52.2 Å². The molecule has 2 aromatic carbocycles. The van der Waals surface area contributed by atoms with Crippen LogP contribution in [0.25, 0.3) is 22.7 Å². The van der Waals surface area contributed by atoms with E-state index in [1.165, 1.54) is 6.08 Å². The molecule has 1 aromatic heterocycles. The van der Waals surface area contributed by atoms with Crippen LogP contribution in [0, 0.1) is 5.82 Å². The van der Waals surface area contributed by atoms with E-state index in [4.69, 9.17) is 0 Å². The quantitative estimate of drug-likeness (QED) is 0.232. The van der Waals surface area contributed by atoms with Gasteiger partial charge in [-0.1, -0.05) is 51.0 Å². The Balaban J connectivity index is 0.00000380. The molecule has 0 aliphatic heterocycles. The van der Waals surface area contributed by atoms with Crippen molar-refractivity contribution in [1.82, 2.24) is 0 Å². The summed E-state index contributed by atoms with van der Waals surface area (Å²) < 4.78 is 33.1. The van der Waals surface area contributed by atoms with Crippen LogP contribution < -0.4 is 48.3 Å². The molecule has 0 bridgehead atoms. The number of nitrogens with one attached hydrogen (secondary N) is 1. The van der Waals surface area contributed by atoms with E-state index in [9.17, 15) is 0 Å². The lowest BCUT2D eigenvalue weighted by atomic mass is 10.0. The van der Waals surface area contributed by atoms with Crippen molar-refractivity contribution in [2.24, 2.45) is 0 Å². The molecule has 1 N–H and O–H groups in total. The Kier molecular flexibility index (Phi) is 16.7. The summed E-state index contributed by atoms with van der Waals surface area (Å²) in [5, 5.41) is 1.27. The Morgan fingerprint density at radius 1 is 0.846 bits per heavy atom. The monoisotopic (exact) mass is 667 g/mol. The van der Waals surface area contributed by atoms with E-state index < -0.39 is 0 Å². The number of anilines is 1. The molecule has 216 valence electrons. The molecule has 0 radical (unpaired) electrons. The number of quaternary nitrogens is 1. The maximum absolute atomic E-state index is 15.7. The van der Waals surface area contributed by atoms with Crippen LogP contribution in [-0.2, 0) is 6.54 Å². The van der Waals surface area contributed by atoms with Gasteiger partial charge in [0.15, 0.2) is 24.8 Å². The first-order valence-electron chi connectivity index (χ1n) is 14.2. The molecule has 0 spiro atoms. The number of halogens is 4. The summed E-state index contributed by atoms with van der Waals surface area (Å²) >= 11 is 0. The number of pyridine rings is 1. The van der Waals surface area contributed by atoms with Crippen LogP contribution >= 0.6 is 0 Å². The molecule has 0 amide bonds. The average molecular weight is 670 g/mol. The molecule has 3 aromatic rings. The van der Waals surface area contributed by atoms with E-state index in [2.05, 4.69) is 37.2 Å². The predicted octanol–water partition coefficient (Wildman–Crippen LogP) is 0.463. The zero-order chi connectivity index (χ0) is 26.6. The average Bonchev–Trinajstić information content (AvgIpc) is 2.92. The van der Waals surface area contributed by atoms with Gasteiger partial charge in [0.05, 0.1) is 31.7 Å². The van der Waals surface area contributed by atoms with Crippen molar-refractivity contribution >= 4 is 28.4 Å². The van der Waals surface area contributed by atoms with Crippen LogP contribution in [0.1, 0.15) is 70.9 Å². The summed E-state index contributed by atoms with van der Waals surface area (Å²) in [6.07, 6.45) is 10.7. The third-order valence-electron chi connectivity index (χ3n) is 7.31. The highest BCUT2D eigenvalue weighted by Gasteiger charge is 2.15. The predicted molar refractivity (Wildman–Crippen MR) is 153 cm³/mol. The molecule has 0 aliphatic carbocycles. The van der Waals surface area contributed by atoms with Crippen LogP contribution in [0.15, 0.2) is 54.9 Å². The van der Waals surface area contributed by atoms with Gasteiger partial charge in [-0.25, -0.2) is 13.3 Å². The first-order valence-corrected chi connectivity index (χ1v) is 14.2. The molecule has 3 nitrogen and oxygen atoms in total. The van der Waals surface area contributed by atoms with Crippen LogP contribution in [0.4, 0.5) is 14.5 Å². The molecular formula is C32H45Br2F2N3.